The summed E-state index contributed by atoms with van der Waals surface area (Å²) in [6.45, 7) is 2.95. The van der Waals surface area contributed by atoms with Gasteiger partial charge in [0, 0.05) is 12.7 Å². The van der Waals surface area contributed by atoms with E-state index in [9.17, 15) is 0 Å². The Balaban J connectivity index is 2.53. The number of fused-ring (bicyclic) bond motifs is 1. The second-order valence-electron chi connectivity index (χ2n) is 3.66. The molecular weight excluding hydrogens is 244 g/mol. The highest BCUT2D eigenvalue weighted by Crippen LogP contribution is 2.40. The molecule has 0 amide bonds. The quantitative estimate of drug-likeness (QED) is 0.724. The Morgan fingerprint density at radius 3 is 3.00 bits per heavy atom. The molecule has 1 heterocycles. The van der Waals surface area contributed by atoms with Crippen molar-refractivity contribution < 1.29 is 4.74 Å². The van der Waals surface area contributed by atoms with Crippen LogP contribution in [0.4, 0.5) is 11.4 Å². The maximum atomic E-state index is 5.77. The molecule has 0 saturated carbocycles. The maximum absolute atomic E-state index is 5.77. The average molecular weight is 257 g/mol. The molecule has 3 nitrogen and oxygen atoms in total. The molecule has 2 N–H and O–H groups in total. The van der Waals surface area contributed by atoms with Gasteiger partial charge in [-0.2, -0.15) is 0 Å². The average Bonchev–Trinajstić information content (AvgIpc) is 2.07. The van der Waals surface area contributed by atoms with Crippen molar-refractivity contribution in [3.05, 3.63) is 16.6 Å². The third-order valence-electron chi connectivity index (χ3n) is 2.31. The first kappa shape index (κ1) is 9.65. The van der Waals surface area contributed by atoms with Crippen LogP contribution in [-0.4, -0.2) is 19.7 Å². The zero-order valence-corrected chi connectivity index (χ0v) is 9.84. The number of halogens is 1. The number of ether oxygens (including phenoxy) is 1. The van der Waals surface area contributed by atoms with Gasteiger partial charge in [0.2, 0.25) is 0 Å². The molecule has 0 saturated heterocycles. The summed E-state index contributed by atoms with van der Waals surface area (Å²) in [5.74, 6) is 0.889. The predicted octanol–water partition coefficient (Wildman–Crippen LogP) is 2.25. The van der Waals surface area contributed by atoms with Crippen LogP contribution in [0.3, 0.4) is 0 Å². The van der Waals surface area contributed by atoms with Crippen molar-refractivity contribution in [2.75, 3.05) is 24.2 Å². The fourth-order valence-electron chi connectivity index (χ4n) is 1.72. The zero-order chi connectivity index (χ0) is 10.3. The number of likely N-dealkylation sites (N-methyl/N-ethyl adjacent to an activating group) is 1. The van der Waals surface area contributed by atoms with Crippen LogP contribution in [0.2, 0.25) is 0 Å². The molecule has 1 atom stereocenters. The van der Waals surface area contributed by atoms with E-state index in [1.165, 1.54) is 0 Å². The minimum absolute atomic E-state index is 0.215. The normalized spacial score (nSPS) is 20.2. The van der Waals surface area contributed by atoms with E-state index in [-0.39, 0.29) is 6.10 Å². The molecule has 76 valence electrons. The van der Waals surface area contributed by atoms with Gasteiger partial charge in [0.1, 0.15) is 6.10 Å². The van der Waals surface area contributed by atoms with E-state index in [1.54, 1.807) is 0 Å². The van der Waals surface area contributed by atoms with Crippen molar-refractivity contribution in [1.29, 1.82) is 0 Å². The van der Waals surface area contributed by atoms with Crippen molar-refractivity contribution in [3.63, 3.8) is 0 Å². The predicted molar refractivity (Wildman–Crippen MR) is 61.9 cm³/mol. The SMILES string of the molecule is CC1CN(C)c2cc(N)cc(Br)c2O1. The maximum Gasteiger partial charge on any atom is 0.157 e. The third-order valence-corrected chi connectivity index (χ3v) is 2.90. The Hall–Kier alpha value is -0.900. The molecule has 0 fully saturated rings. The first-order valence-corrected chi connectivity index (χ1v) is 5.34. The fourth-order valence-corrected chi connectivity index (χ4v) is 2.28. The first-order chi connectivity index (χ1) is 6.58. The Morgan fingerprint density at radius 1 is 1.57 bits per heavy atom. The molecule has 1 aliphatic rings. The summed E-state index contributed by atoms with van der Waals surface area (Å²) in [6, 6.07) is 3.80. The zero-order valence-electron chi connectivity index (χ0n) is 8.25. The Morgan fingerprint density at radius 2 is 2.29 bits per heavy atom. The first-order valence-electron chi connectivity index (χ1n) is 4.54. The molecule has 1 unspecified atom stereocenters. The monoisotopic (exact) mass is 256 g/mol. The summed E-state index contributed by atoms with van der Waals surface area (Å²) >= 11 is 3.46. The lowest BCUT2D eigenvalue weighted by atomic mass is 10.2. The summed E-state index contributed by atoms with van der Waals surface area (Å²) in [4.78, 5) is 2.16. The van der Waals surface area contributed by atoms with Crippen LogP contribution in [0, 0.1) is 0 Å². The van der Waals surface area contributed by atoms with Crippen LogP contribution in [-0.2, 0) is 0 Å². The number of hydrogen-bond acceptors (Lipinski definition) is 3. The number of nitrogen functional groups attached to an aromatic ring is 1. The minimum Gasteiger partial charge on any atom is -0.486 e. The highest BCUT2D eigenvalue weighted by atomic mass is 79.9. The molecule has 1 aliphatic heterocycles. The molecule has 0 aromatic heterocycles. The van der Waals surface area contributed by atoms with Crippen molar-refractivity contribution in [2.45, 2.75) is 13.0 Å². The van der Waals surface area contributed by atoms with Gasteiger partial charge in [-0.3, -0.25) is 0 Å². The topological polar surface area (TPSA) is 38.5 Å². The van der Waals surface area contributed by atoms with Crippen LogP contribution in [0.25, 0.3) is 0 Å². The highest BCUT2D eigenvalue weighted by Gasteiger charge is 2.22. The largest absolute Gasteiger partial charge is 0.486 e. The standard InChI is InChI=1S/C10H13BrN2O/c1-6-5-13(2)9-4-7(12)3-8(11)10(9)14-6/h3-4,6H,5,12H2,1-2H3. The van der Waals surface area contributed by atoms with Gasteiger partial charge >= 0.3 is 0 Å². The van der Waals surface area contributed by atoms with Crippen LogP contribution >= 0.6 is 15.9 Å². The Labute approximate surface area is 92.0 Å². The number of anilines is 2. The van der Waals surface area contributed by atoms with Gasteiger partial charge in [-0.25, -0.2) is 0 Å². The van der Waals surface area contributed by atoms with E-state index >= 15 is 0 Å². The Bertz CT molecular complexity index is 367. The second kappa shape index (κ2) is 3.35. The molecule has 1 aromatic rings. The molecule has 0 spiro atoms. The summed E-state index contributed by atoms with van der Waals surface area (Å²) in [5, 5.41) is 0. The third kappa shape index (κ3) is 1.54. The van der Waals surface area contributed by atoms with E-state index < -0.39 is 0 Å². The molecule has 4 heteroatoms. The van der Waals surface area contributed by atoms with E-state index in [1.807, 2.05) is 19.2 Å². The summed E-state index contributed by atoms with van der Waals surface area (Å²) in [5.41, 5.74) is 7.57. The highest BCUT2D eigenvalue weighted by molar-refractivity contribution is 9.10. The summed E-state index contributed by atoms with van der Waals surface area (Å²) < 4.78 is 6.67. The number of hydrogen-bond donors (Lipinski definition) is 1. The Kier molecular flexibility index (Phi) is 2.31. The van der Waals surface area contributed by atoms with Gasteiger partial charge in [0.25, 0.3) is 0 Å². The van der Waals surface area contributed by atoms with Crippen LogP contribution < -0.4 is 15.4 Å². The van der Waals surface area contributed by atoms with Crippen molar-refractivity contribution >= 4 is 27.3 Å². The molecule has 2 rings (SSSR count). The van der Waals surface area contributed by atoms with E-state index in [0.717, 1.165) is 28.1 Å². The van der Waals surface area contributed by atoms with Gasteiger partial charge in [-0.15, -0.1) is 0 Å². The molecule has 14 heavy (non-hydrogen) atoms. The lowest BCUT2D eigenvalue weighted by Crippen LogP contribution is -2.35. The fraction of sp³-hybridized carbons (Fsp3) is 0.400. The molecule has 1 aromatic carbocycles. The van der Waals surface area contributed by atoms with E-state index in [2.05, 4.69) is 27.8 Å². The second-order valence-corrected chi connectivity index (χ2v) is 4.51. The van der Waals surface area contributed by atoms with E-state index in [0.29, 0.717) is 0 Å². The van der Waals surface area contributed by atoms with E-state index in [4.69, 9.17) is 10.5 Å². The van der Waals surface area contributed by atoms with Gasteiger partial charge in [-0.05, 0) is 35.0 Å². The minimum atomic E-state index is 0.215. The van der Waals surface area contributed by atoms with Gasteiger partial charge in [0.05, 0.1) is 16.7 Å². The van der Waals surface area contributed by atoms with Crippen LogP contribution in [0.1, 0.15) is 6.92 Å². The van der Waals surface area contributed by atoms with Crippen molar-refractivity contribution in [3.8, 4) is 5.75 Å². The van der Waals surface area contributed by atoms with Gasteiger partial charge in [-0.1, -0.05) is 0 Å². The number of rotatable bonds is 0. The molecular formula is C10H13BrN2O. The number of nitrogens with zero attached hydrogens (tertiary/aromatic N) is 1. The van der Waals surface area contributed by atoms with Crippen molar-refractivity contribution in [2.24, 2.45) is 0 Å². The molecule has 0 radical (unpaired) electrons. The molecule has 0 bridgehead atoms. The number of benzene rings is 1. The number of nitrogens with two attached hydrogens (primary N) is 1. The van der Waals surface area contributed by atoms with Crippen molar-refractivity contribution in [1.82, 2.24) is 0 Å². The molecule has 0 aliphatic carbocycles. The van der Waals surface area contributed by atoms with Crippen LogP contribution in [0.15, 0.2) is 16.6 Å². The van der Waals surface area contributed by atoms with Gasteiger partial charge in [0.15, 0.2) is 5.75 Å². The lowest BCUT2D eigenvalue weighted by molar-refractivity contribution is 0.214. The smallest absolute Gasteiger partial charge is 0.157 e. The van der Waals surface area contributed by atoms with Gasteiger partial charge < -0.3 is 15.4 Å². The summed E-state index contributed by atoms with van der Waals surface area (Å²) in [6.07, 6.45) is 0.215. The lowest BCUT2D eigenvalue weighted by Gasteiger charge is -2.32. The van der Waals surface area contributed by atoms with Crippen LogP contribution in [0.5, 0.6) is 5.75 Å². The summed E-state index contributed by atoms with van der Waals surface area (Å²) in [7, 11) is 2.05.